The molecule has 6 heteroatoms. The summed E-state index contributed by atoms with van der Waals surface area (Å²) in [5, 5.41) is 11.7. The van der Waals surface area contributed by atoms with Crippen molar-refractivity contribution in [3.8, 4) is 5.75 Å². The monoisotopic (exact) mass is 329 g/mol. The summed E-state index contributed by atoms with van der Waals surface area (Å²) in [5.41, 5.74) is 0. The van der Waals surface area contributed by atoms with E-state index in [1.807, 2.05) is 18.2 Å². The fraction of sp³-hybridized carbons (Fsp3) is 0.214. The molecule has 1 unspecified atom stereocenters. The number of aliphatic hydroxyl groups is 1. The van der Waals surface area contributed by atoms with Crippen LogP contribution in [0.5, 0.6) is 5.75 Å². The number of hydrogen-bond acceptors (Lipinski definition) is 4. The molecule has 2 rings (SSSR count). The molecule has 0 amide bonds. The Bertz CT molecular complexity index is 554. The minimum Gasteiger partial charge on any atom is -0.489 e. The maximum absolute atomic E-state index is 9.87. The van der Waals surface area contributed by atoms with E-state index in [-0.39, 0.29) is 6.61 Å². The van der Waals surface area contributed by atoms with Crippen molar-refractivity contribution >= 4 is 35.0 Å². The third kappa shape index (κ3) is 4.87. The SMILES string of the molecule is OC(COc1ccc(Cl)cc1Cl)CSc1ccccn1. The van der Waals surface area contributed by atoms with Gasteiger partial charge in [-0.1, -0.05) is 29.3 Å². The van der Waals surface area contributed by atoms with E-state index in [0.29, 0.717) is 21.5 Å². The summed E-state index contributed by atoms with van der Waals surface area (Å²) in [7, 11) is 0. The first-order valence-corrected chi connectivity index (χ1v) is 7.69. The van der Waals surface area contributed by atoms with Crippen molar-refractivity contribution in [2.24, 2.45) is 0 Å². The highest BCUT2D eigenvalue weighted by atomic mass is 35.5. The van der Waals surface area contributed by atoms with E-state index in [1.165, 1.54) is 11.8 Å². The van der Waals surface area contributed by atoms with Crippen molar-refractivity contribution < 1.29 is 9.84 Å². The van der Waals surface area contributed by atoms with Gasteiger partial charge < -0.3 is 9.84 Å². The molecular formula is C14H13Cl2NO2S. The molecule has 0 aliphatic carbocycles. The maximum Gasteiger partial charge on any atom is 0.138 e. The second-order valence-electron chi connectivity index (χ2n) is 4.02. The lowest BCUT2D eigenvalue weighted by Crippen LogP contribution is -2.20. The number of benzene rings is 1. The molecule has 0 radical (unpaired) electrons. The topological polar surface area (TPSA) is 42.4 Å². The van der Waals surface area contributed by atoms with Crippen LogP contribution in [-0.2, 0) is 0 Å². The third-order valence-corrected chi connectivity index (χ3v) is 4.01. The summed E-state index contributed by atoms with van der Waals surface area (Å²) < 4.78 is 5.47. The molecule has 0 spiro atoms. The van der Waals surface area contributed by atoms with Crippen LogP contribution in [0.2, 0.25) is 10.0 Å². The molecule has 106 valence electrons. The lowest BCUT2D eigenvalue weighted by atomic mass is 10.3. The van der Waals surface area contributed by atoms with E-state index in [1.54, 1.807) is 24.4 Å². The predicted molar refractivity (Wildman–Crippen MR) is 82.9 cm³/mol. The lowest BCUT2D eigenvalue weighted by Gasteiger charge is -2.12. The van der Waals surface area contributed by atoms with E-state index in [4.69, 9.17) is 27.9 Å². The predicted octanol–water partition coefficient (Wildman–Crippen LogP) is 3.92. The van der Waals surface area contributed by atoms with Gasteiger partial charge in [-0.15, -0.1) is 11.8 Å². The second kappa shape index (κ2) is 7.74. The molecule has 1 N–H and O–H groups in total. The van der Waals surface area contributed by atoms with Crippen LogP contribution < -0.4 is 4.74 Å². The van der Waals surface area contributed by atoms with Gasteiger partial charge in [-0.2, -0.15) is 0 Å². The quantitative estimate of drug-likeness (QED) is 0.815. The fourth-order valence-electron chi connectivity index (χ4n) is 1.44. The maximum atomic E-state index is 9.87. The zero-order valence-electron chi connectivity index (χ0n) is 10.5. The van der Waals surface area contributed by atoms with Gasteiger partial charge in [-0.05, 0) is 30.3 Å². The molecule has 0 saturated heterocycles. The molecule has 0 aliphatic rings. The highest BCUT2D eigenvalue weighted by Gasteiger charge is 2.09. The van der Waals surface area contributed by atoms with Crippen molar-refractivity contribution in [1.29, 1.82) is 0 Å². The number of aliphatic hydroxyl groups excluding tert-OH is 1. The molecule has 2 aromatic rings. The Morgan fingerprint density at radius 1 is 1.25 bits per heavy atom. The lowest BCUT2D eigenvalue weighted by molar-refractivity contribution is 0.126. The molecule has 0 bridgehead atoms. The van der Waals surface area contributed by atoms with Crippen LogP contribution in [0.4, 0.5) is 0 Å². The van der Waals surface area contributed by atoms with Crippen molar-refractivity contribution in [3.05, 3.63) is 52.6 Å². The molecule has 0 fully saturated rings. The van der Waals surface area contributed by atoms with Gasteiger partial charge in [0.1, 0.15) is 12.4 Å². The normalized spacial score (nSPS) is 12.2. The number of pyridine rings is 1. The van der Waals surface area contributed by atoms with Crippen LogP contribution in [-0.4, -0.2) is 28.6 Å². The molecular weight excluding hydrogens is 317 g/mol. The van der Waals surface area contributed by atoms with Crippen LogP contribution in [0.25, 0.3) is 0 Å². The summed E-state index contributed by atoms with van der Waals surface area (Å²) in [5.74, 6) is 1.01. The van der Waals surface area contributed by atoms with Gasteiger partial charge >= 0.3 is 0 Å². The van der Waals surface area contributed by atoms with Gasteiger partial charge in [0.25, 0.3) is 0 Å². The van der Waals surface area contributed by atoms with Gasteiger partial charge in [0.2, 0.25) is 0 Å². The van der Waals surface area contributed by atoms with Gasteiger partial charge in [-0.3, -0.25) is 0 Å². The number of rotatable bonds is 6. The Morgan fingerprint density at radius 3 is 2.80 bits per heavy atom. The summed E-state index contributed by atoms with van der Waals surface area (Å²) in [4.78, 5) is 4.17. The number of ether oxygens (including phenoxy) is 1. The highest BCUT2D eigenvalue weighted by molar-refractivity contribution is 7.99. The fourth-order valence-corrected chi connectivity index (χ4v) is 2.67. The van der Waals surface area contributed by atoms with E-state index < -0.39 is 6.10 Å². The second-order valence-corrected chi connectivity index (χ2v) is 5.90. The summed E-state index contributed by atoms with van der Waals surface area (Å²) in [6.07, 6.45) is 1.12. The number of halogens is 2. The minimum atomic E-state index is -0.603. The Hall–Kier alpha value is -0.940. The summed E-state index contributed by atoms with van der Waals surface area (Å²) in [6.45, 7) is 0.168. The van der Waals surface area contributed by atoms with Crippen LogP contribution >= 0.6 is 35.0 Å². The van der Waals surface area contributed by atoms with Crippen molar-refractivity contribution in [1.82, 2.24) is 4.98 Å². The van der Waals surface area contributed by atoms with E-state index >= 15 is 0 Å². The van der Waals surface area contributed by atoms with Crippen molar-refractivity contribution in [2.75, 3.05) is 12.4 Å². The van der Waals surface area contributed by atoms with Gasteiger partial charge in [0, 0.05) is 17.0 Å². The Labute approximate surface area is 131 Å². The largest absolute Gasteiger partial charge is 0.489 e. The van der Waals surface area contributed by atoms with Gasteiger partial charge in [0.05, 0.1) is 16.2 Å². The molecule has 1 aromatic heterocycles. The first-order valence-electron chi connectivity index (χ1n) is 5.95. The van der Waals surface area contributed by atoms with Crippen LogP contribution in [0, 0.1) is 0 Å². The average Bonchev–Trinajstić information content (AvgIpc) is 2.45. The Morgan fingerprint density at radius 2 is 2.10 bits per heavy atom. The number of thioether (sulfide) groups is 1. The first-order chi connectivity index (χ1) is 9.65. The van der Waals surface area contributed by atoms with E-state index in [0.717, 1.165) is 5.03 Å². The molecule has 1 atom stereocenters. The average molecular weight is 330 g/mol. The Balaban J connectivity index is 1.79. The molecule has 1 heterocycles. The zero-order valence-corrected chi connectivity index (χ0v) is 12.8. The highest BCUT2D eigenvalue weighted by Crippen LogP contribution is 2.27. The number of nitrogens with zero attached hydrogens (tertiary/aromatic N) is 1. The minimum absolute atomic E-state index is 0.168. The smallest absolute Gasteiger partial charge is 0.138 e. The van der Waals surface area contributed by atoms with Crippen LogP contribution in [0.3, 0.4) is 0 Å². The molecule has 1 aromatic carbocycles. The van der Waals surface area contributed by atoms with Gasteiger partial charge in [0.15, 0.2) is 0 Å². The summed E-state index contributed by atoms with van der Waals surface area (Å²) >= 11 is 13.3. The van der Waals surface area contributed by atoms with Crippen molar-refractivity contribution in [2.45, 2.75) is 11.1 Å². The molecule has 0 aliphatic heterocycles. The molecule has 0 saturated carbocycles. The molecule has 20 heavy (non-hydrogen) atoms. The van der Waals surface area contributed by atoms with Crippen LogP contribution in [0.15, 0.2) is 47.6 Å². The van der Waals surface area contributed by atoms with Crippen LogP contribution in [0.1, 0.15) is 0 Å². The number of hydrogen-bond donors (Lipinski definition) is 1. The number of aromatic nitrogens is 1. The third-order valence-electron chi connectivity index (χ3n) is 2.39. The van der Waals surface area contributed by atoms with E-state index in [9.17, 15) is 5.11 Å². The standard InChI is InChI=1S/C14H13Cl2NO2S/c15-10-4-5-13(12(16)7-10)19-8-11(18)9-20-14-3-1-2-6-17-14/h1-7,11,18H,8-9H2. The Kier molecular flexibility index (Phi) is 5.98. The first kappa shape index (κ1) is 15.4. The molecule has 3 nitrogen and oxygen atoms in total. The van der Waals surface area contributed by atoms with Crippen molar-refractivity contribution in [3.63, 3.8) is 0 Å². The van der Waals surface area contributed by atoms with Gasteiger partial charge in [-0.25, -0.2) is 4.98 Å². The van der Waals surface area contributed by atoms with E-state index in [2.05, 4.69) is 4.98 Å². The zero-order chi connectivity index (χ0) is 14.4. The summed E-state index contributed by atoms with van der Waals surface area (Å²) in [6, 6.07) is 10.6.